The molecule has 0 unspecified atom stereocenters. The standard InChI is InChI=1S/C30H34N6O7S/c1-29(2,3)43-27(40)33-22-17-44-23-10-9-20(15-21(23)32-25(22)38)24(37)34-35-26(39)30(18-31)11-13-36(14-12-30)28(41)42-16-19-7-5-4-6-8-19/h4-10,15,22H,11-14,16-17H2,1-3H3,(H,32,38)(H,33,40)(H,34,37)(H,35,39)/t22-/m0/s1. The van der Waals surface area contributed by atoms with E-state index in [1.165, 1.54) is 28.8 Å². The minimum atomic E-state index is -1.45. The number of alkyl carbamates (subject to hydrolysis) is 1. The van der Waals surface area contributed by atoms with Gasteiger partial charge in [0.1, 0.15) is 23.7 Å². The highest BCUT2D eigenvalue weighted by atomic mass is 32.2. The molecule has 2 aromatic carbocycles. The third-order valence-corrected chi connectivity index (χ3v) is 8.10. The van der Waals surface area contributed by atoms with E-state index in [9.17, 15) is 29.2 Å². The molecule has 2 aliphatic heterocycles. The van der Waals surface area contributed by atoms with Gasteiger partial charge >= 0.3 is 12.2 Å². The summed E-state index contributed by atoms with van der Waals surface area (Å²) in [5.74, 6) is -1.58. The molecule has 2 aliphatic rings. The van der Waals surface area contributed by atoms with Crippen LogP contribution >= 0.6 is 11.8 Å². The van der Waals surface area contributed by atoms with Crippen LogP contribution in [0, 0.1) is 16.7 Å². The van der Waals surface area contributed by atoms with Crippen molar-refractivity contribution in [2.75, 3.05) is 24.2 Å². The van der Waals surface area contributed by atoms with Gasteiger partial charge in [0.15, 0.2) is 0 Å². The molecule has 0 radical (unpaired) electrons. The number of nitrogens with one attached hydrogen (secondary N) is 4. The zero-order valence-electron chi connectivity index (χ0n) is 24.6. The molecule has 2 heterocycles. The molecule has 0 bridgehead atoms. The molecule has 0 spiro atoms. The van der Waals surface area contributed by atoms with Crippen LogP contribution in [0.25, 0.3) is 0 Å². The van der Waals surface area contributed by atoms with Gasteiger partial charge in [0.2, 0.25) is 5.91 Å². The quantitative estimate of drug-likeness (QED) is 0.364. The van der Waals surface area contributed by atoms with Gasteiger partial charge in [-0.3, -0.25) is 25.2 Å². The lowest BCUT2D eigenvalue weighted by molar-refractivity contribution is -0.131. The monoisotopic (exact) mass is 622 g/mol. The van der Waals surface area contributed by atoms with Crippen molar-refractivity contribution in [1.29, 1.82) is 5.26 Å². The van der Waals surface area contributed by atoms with Crippen LogP contribution in [0.15, 0.2) is 53.4 Å². The number of nitriles is 1. The van der Waals surface area contributed by atoms with Gasteiger partial charge in [-0.05, 0) is 57.4 Å². The largest absolute Gasteiger partial charge is 0.445 e. The molecule has 5 amide bonds. The van der Waals surface area contributed by atoms with Crippen LogP contribution in [-0.4, -0.2) is 65.3 Å². The minimum Gasteiger partial charge on any atom is -0.445 e. The molecule has 0 aromatic heterocycles. The Morgan fingerprint density at radius 2 is 1.80 bits per heavy atom. The maximum atomic E-state index is 13.0. The first kappa shape index (κ1) is 32.2. The van der Waals surface area contributed by atoms with Crippen LogP contribution in [0.5, 0.6) is 0 Å². The van der Waals surface area contributed by atoms with E-state index in [0.29, 0.717) is 10.6 Å². The zero-order chi connectivity index (χ0) is 31.9. The summed E-state index contributed by atoms with van der Waals surface area (Å²) in [7, 11) is 0. The number of hydrazine groups is 1. The average molecular weight is 623 g/mol. The number of likely N-dealkylation sites (tertiary alicyclic amines) is 1. The highest BCUT2D eigenvalue weighted by molar-refractivity contribution is 7.99. The first-order valence-corrected chi connectivity index (χ1v) is 14.9. The van der Waals surface area contributed by atoms with Crippen molar-refractivity contribution in [1.82, 2.24) is 21.1 Å². The van der Waals surface area contributed by atoms with Crippen molar-refractivity contribution < 1.29 is 33.4 Å². The van der Waals surface area contributed by atoms with Crippen LogP contribution in [0.1, 0.15) is 49.5 Å². The van der Waals surface area contributed by atoms with Gasteiger partial charge in [0.25, 0.3) is 11.8 Å². The molecule has 4 N–H and O–H groups in total. The first-order chi connectivity index (χ1) is 20.9. The lowest BCUT2D eigenvalue weighted by Gasteiger charge is -2.35. The lowest BCUT2D eigenvalue weighted by Crippen LogP contribution is -2.53. The molecule has 4 rings (SSSR count). The van der Waals surface area contributed by atoms with E-state index in [4.69, 9.17) is 9.47 Å². The van der Waals surface area contributed by atoms with Gasteiger partial charge in [-0.2, -0.15) is 5.26 Å². The number of ether oxygens (including phenoxy) is 2. The number of fused-ring (bicyclic) bond motifs is 1. The zero-order valence-corrected chi connectivity index (χ0v) is 25.4. The van der Waals surface area contributed by atoms with Crippen molar-refractivity contribution >= 4 is 47.4 Å². The van der Waals surface area contributed by atoms with Crippen molar-refractivity contribution in [2.24, 2.45) is 5.41 Å². The Morgan fingerprint density at radius 3 is 2.45 bits per heavy atom. The maximum Gasteiger partial charge on any atom is 0.410 e. The van der Waals surface area contributed by atoms with E-state index in [1.54, 1.807) is 26.8 Å². The Labute approximate surface area is 259 Å². The number of amides is 5. The average Bonchev–Trinajstić information content (AvgIpc) is 3.15. The number of anilines is 1. The van der Waals surface area contributed by atoms with Gasteiger partial charge in [-0.15, -0.1) is 11.8 Å². The van der Waals surface area contributed by atoms with E-state index in [0.717, 1.165) is 5.56 Å². The fourth-order valence-corrected chi connectivity index (χ4v) is 5.51. The number of piperidine rings is 1. The summed E-state index contributed by atoms with van der Waals surface area (Å²) in [5.41, 5.74) is 3.85. The number of carbonyl (C=O) groups excluding carboxylic acids is 5. The lowest BCUT2D eigenvalue weighted by atomic mass is 9.79. The van der Waals surface area contributed by atoms with Crippen LogP contribution in [-0.2, 0) is 25.7 Å². The fourth-order valence-electron chi connectivity index (χ4n) is 4.50. The summed E-state index contributed by atoms with van der Waals surface area (Å²) in [6, 6.07) is 15.0. The number of nitrogens with zero attached hydrogens (tertiary/aromatic N) is 2. The van der Waals surface area contributed by atoms with Crippen LogP contribution in [0.4, 0.5) is 15.3 Å². The Kier molecular flexibility index (Phi) is 10.00. The Morgan fingerprint density at radius 1 is 1.09 bits per heavy atom. The number of hydrogen-bond acceptors (Lipinski definition) is 9. The highest BCUT2D eigenvalue weighted by Crippen LogP contribution is 2.33. The summed E-state index contributed by atoms with van der Waals surface area (Å²) in [5, 5.41) is 15.1. The van der Waals surface area contributed by atoms with Gasteiger partial charge in [0, 0.05) is 29.3 Å². The topological polar surface area (TPSA) is 179 Å². The number of hydrogen-bond donors (Lipinski definition) is 4. The van der Waals surface area contributed by atoms with E-state index in [-0.39, 0.29) is 43.9 Å². The van der Waals surface area contributed by atoms with E-state index in [2.05, 4.69) is 21.5 Å². The normalized spacial score (nSPS) is 17.5. The third-order valence-electron chi connectivity index (χ3n) is 6.93. The summed E-state index contributed by atoms with van der Waals surface area (Å²) in [6.07, 6.45) is -1.13. The van der Waals surface area contributed by atoms with E-state index < -0.39 is 47.0 Å². The summed E-state index contributed by atoms with van der Waals surface area (Å²) < 4.78 is 10.6. The second kappa shape index (κ2) is 13.7. The molecule has 2 aromatic rings. The minimum absolute atomic E-state index is 0.0617. The van der Waals surface area contributed by atoms with Crippen molar-refractivity contribution in [3.05, 3.63) is 59.7 Å². The van der Waals surface area contributed by atoms with Crippen LogP contribution < -0.4 is 21.5 Å². The second-order valence-corrected chi connectivity index (χ2v) is 12.4. The molecular formula is C30H34N6O7S. The molecule has 0 aliphatic carbocycles. The summed E-state index contributed by atoms with van der Waals surface area (Å²) in [4.78, 5) is 65.4. The van der Waals surface area contributed by atoms with Crippen molar-refractivity contribution in [3.63, 3.8) is 0 Å². The molecular weight excluding hydrogens is 588 g/mol. The molecule has 44 heavy (non-hydrogen) atoms. The predicted molar refractivity (Wildman–Crippen MR) is 160 cm³/mol. The molecule has 13 nitrogen and oxygen atoms in total. The molecule has 1 saturated heterocycles. The molecule has 0 saturated carbocycles. The third kappa shape index (κ3) is 8.19. The van der Waals surface area contributed by atoms with Gasteiger partial charge in [-0.25, -0.2) is 9.59 Å². The molecule has 1 atom stereocenters. The van der Waals surface area contributed by atoms with Gasteiger partial charge in [-0.1, -0.05) is 30.3 Å². The fraction of sp³-hybridized carbons (Fsp3) is 0.400. The van der Waals surface area contributed by atoms with Crippen molar-refractivity contribution in [3.8, 4) is 6.07 Å². The highest BCUT2D eigenvalue weighted by Gasteiger charge is 2.43. The second-order valence-electron chi connectivity index (χ2n) is 11.3. The Balaban J connectivity index is 1.29. The first-order valence-electron chi connectivity index (χ1n) is 13.9. The number of benzene rings is 2. The van der Waals surface area contributed by atoms with Crippen LogP contribution in [0.2, 0.25) is 0 Å². The Bertz CT molecular complexity index is 1460. The number of rotatable bonds is 5. The molecule has 232 valence electrons. The molecule has 14 heteroatoms. The maximum absolute atomic E-state index is 13.0. The van der Waals surface area contributed by atoms with Crippen molar-refractivity contribution in [2.45, 2.75) is 56.8 Å². The summed E-state index contributed by atoms with van der Waals surface area (Å²) in [6.45, 7) is 5.53. The van der Waals surface area contributed by atoms with Gasteiger partial charge < -0.3 is 25.0 Å². The van der Waals surface area contributed by atoms with Gasteiger partial charge in [0.05, 0.1) is 11.8 Å². The Hall–Kier alpha value is -4.77. The molecule has 1 fully saturated rings. The number of thioether (sulfide) groups is 1. The summed E-state index contributed by atoms with van der Waals surface area (Å²) >= 11 is 1.32. The SMILES string of the molecule is CC(C)(C)OC(=O)N[C@H]1CSc2ccc(C(=O)NNC(=O)C3(C#N)CCN(C(=O)OCc4ccccc4)CC3)cc2NC1=O. The number of carbonyl (C=O) groups is 5. The van der Waals surface area contributed by atoms with E-state index >= 15 is 0 Å². The predicted octanol–water partition coefficient (Wildman–Crippen LogP) is 3.33. The smallest absolute Gasteiger partial charge is 0.410 e. The van der Waals surface area contributed by atoms with E-state index in [1.807, 2.05) is 36.4 Å². The van der Waals surface area contributed by atoms with Crippen LogP contribution in [0.3, 0.4) is 0 Å².